The molecule has 1 heterocycles. The van der Waals surface area contributed by atoms with Crippen LogP contribution in [0.2, 0.25) is 5.02 Å². The van der Waals surface area contributed by atoms with Crippen LogP contribution >= 0.6 is 11.6 Å². The Kier molecular flexibility index (Phi) is 7.73. The molecule has 2 N–H and O–H groups in total. The van der Waals surface area contributed by atoms with Gasteiger partial charge in [0.25, 0.3) is 0 Å². The summed E-state index contributed by atoms with van der Waals surface area (Å²) in [4.78, 5) is 29.0. The number of piperazine rings is 1. The van der Waals surface area contributed by atoms with Gasteiger partial charge in [-0.3, -0.25) is 19.4 Å². The average Bonchev–Trinajstić information content (AvgIpc) is 2.83. The molecule has 1 saturated heterocycles. The third-order valence-electron chi connectivity index (χ3n) is 5.62. The van der Waals surface area contributed by atoms with Gasteiger partial charge in [0, 0.05) is 31.9 Å². The number of nitrogens with one attached hydrogen (secondary N) is 2. The molecule has 170 valence electrons. The van der Waals surface area contributed by atoms with E-state index in [1.807, 2.05) is 54.6 Å². The molecular weight excluding hydrogens is 436 g/mol. The van der Waals surface area contributed by atoms with Crippen LogP contribution in [0, 0.1) is 0 Å². The van der Waals surface area contributed by atoms with Gasteiger partial charge in [-0.05, 0) is 35.4 Å². The van der Waals surface area contributed by atoms with Crippen LogP contribution in [0.15, 0.2) is 78.9 Å². The van der Waals surface area contributed by atoms with Crippen molar-refractivity contribution in [3.63, 3.8) is 0 Å². The van der Waals surface area contributed by atoms with Crippen LogP contribution in [0.25, 0.3) is 11.1 Å². The highest BCUT2D eigenvalue weighted by Crippen LogP contribution is 2.21. The first kappa shape index (κ1) is 23.0. The molecule has 1 aliphatic heterocycles. The Balaban J connectivity index is 1.19. The van der Waals surface area contributed by atoms with Crippen molar-refractivity contribution >= 4 is 34.8 Å². The van der Waals surface area contributed by atoms with Gasteiger partial charge in [0.15, 0.2) is 0 Å². The van der Waals surface area contributed by atoms with Crippen molar-refractivity contribution in [2.45, 2.75) is 0 Å². The number of anilines is 2. The number of rotatable bonds is 7. The highest BCUT2D eigenvalue weighted by atomic mass is 35.5. The van der Waals surface area contributed by atoms with Crippen molar-refractivity contribution in [3.8, 4) is 11.1 Å². The molecule has 1 aliphatic rings. The van der Waals surface area contributed by atoms with Crippen LogP contribution in [0.3, 0.4) is 0 Å². The molecule has 33 heavy (non-hydrogen) atoms. The zero-order chi connectivity index (χ0) is 23.0. The second-order valence-electron chi connectivity index (χ2n) is 8.07. The molecule has 4 rings (SSSR count). The monoisotopic (exact) mass is 462 g/mol. The maximum atomic E-state index is 12.5. The standard InChI is InChI=1S/C26H27ClN4O2/c27-23-8-4-5-9-24(23)29-26(33)19-31-16-14-30(15-17-31)18-25(32)28-22-12-10-21(11-13-22)20-6-2-1-3-7-20/h1-13H,14-19H2,(H,28,32)(H,29,33). The quantitative estimate of drug-likeness (QED) is 0.552. The minimum absolute atomic E-state index is 0.0348. The lowest BCUT2D eigenvalue weighted by molar-refractivity contribution is -0.120. The maximum absolute atomic E-state index is 12.5. The second kappa shape index (κ2) is 11.1. The molecule has 0 atom stereocenters. The Bertz CT molecular complexity index is 1080. The van der Waals surface area contributed by atoms with Gasteiger partial charge in [-0.15, -0.1) is 0 Å². The predicted octanol–water partition coefficient (Wildman–Crippen LogP) is 4.20. The Hall–Kier alpha value is -3.19. The van der Waals surface area contributed by atoms with Crippen LogP contribution in [0.1, 0.15) is 0 Å². The van der Waals surface area contributed by atoms with Gasteiger partial charge in [-0.1, -0.05) is 66.2 Å². The summed E-state index contributed by atoms with van der Waals surface area (Å²) in [6.07, 6.45) is 0. The van der Waals surface area contributed by atoms with Crippen molar-refractivity contribution in [3.05, 3.63) is 83.9 Å². The SMILES string of the molecule is O=C(CN1CCN(CC(=O)Nc2ccccc2Cl)CC1)Nc1ccc(-c2ccccc2)cc1. The van der Waals surface area contributed by atoms with E-state index in [4.69, 9.17) is 11.6 Å². The van der Waals surface area contributed by atoms with Gasteiger partial charge >= 0.3 is 0 Å². The number of hydrogen-bond acceptors (Lipinski definition) is 4. The summed E-state index contributed by atoms with van der Waals surface area (Å²) in [5, 5.41) is 6.35. The van der Waals surface area contributed by atoms with Gasteiger partial charge in [-0.2, -0.15) is 0 Å². The summed E-state index contributed by atoms with van der Waals surface area (Å²) in [5.41, 5.74) is 3.67. The lowest BCUT2D eigenvalue weighted by Gasteiger charge is -2.33. The molecule has 0 aliphatic carbocycles. The summed E-state index contributed by atoms with van der Waals surface area (Å²) < 4.78 is 0. The number of benzene rings is 3. The van der Waals surface area contributed by atoms with Crippen LogP contribution < -0.4 is 10.6 Å². The molecule has 0 bridgehead atoms. The van der Waals surface area contributed by atoms with Gasteiger partial charge in [0.2, 0.25) is 11.8 Å². The lowest BCUT2D eigenvalue weighted by Crippen LogP contribution is -2.50. The van der Waals surface area contributed by atoms with Gasteiger partial charge in [-0.25, -0.2) is 0 Å². The van der Waals surface area contributed by atoms with E-state index in [9.17, 15) is 9.59 Å². The van der Waals surface area contributed by atoms with E-state index in [0.29, 0.717) is 23.8 Å². The van der Waals surface area contributed by atoms with Crippen molar-refractivity contribution in [2.75, 3.05) is 49.9 Å². The molecule has 0 saturated carbocycles. The fourth-order valence-corrected chi connectivity index (χ4v) is 4.02. The third-order valence-corrected chi connectivity index (χ3v) is 5.95. The van der Waals surface area contributed by atoms with Crippen molar-refractivity contribution in [1.29, 1.82) is 0 Å². The highest BCUT2D eigenvalue weighted by Gasteiger charge is 2.21. The Morgan fingerprint density at radius 1 is 0.667 bits per heavy atom. The summed E-state index contributed by atoms with van der Waals surface area (Å²) in [6, 6.07) is 25.2. The van der Waals surface area contributed by atoms with E-state index >= 15 is 0 Å². The van der Waals surface area contributed by atoms with E-state index in [0.717, 1.165) is 43.0 Å². The van der Waals surface area contributed by atoms with Crippen LogP contribution in [-0.4, -0.2) is 60.9 Å². The minimum Gasteiger partial charge on any atom is -0.325 e. The molecule has 1 fully saturated rings. The minimum atomic E-state index is -0.0896. The Morgan fingerprint density at radius 3 is 1.79 bits per heavy atom. The molecule has 0 aromatic heterocycles. The molecule has 3 aromatic rings. The average molecular weight is 463 g/mol. The molecule has 0 radical (unpaired) electrons. The fraction of sp³-hybridized carbons (Fsp3) is 0.231. The van der Waals surface area contributed by atoms with Crippen LogP contribution in [0.5, 0.6) is 0 Å². The summed E-state index contributed by atoms with van der Waals surface area (Å²) in [7, 11) is 0. The Morgan fingerprint density at radius 2 is 1.18 bits per heavy atom. The van der Waals surface area contributed by atoms with Gasteiger partial charge in [0.1, 0.15) is 0 Å². The zero-order valence-corrected chi connectivity index (χ0v) is 19.1. The summed E-state index contributed by atoms with van der Waals surface area (Å²) in [6.45, 7) is 3.57. The van der Waals surface area contributed by atoms with Crippen LogP contribution in [0.4, 0.5) is 11.4 Å². The topological polar surface area (TPSA) is 64.7 Å². The van der Waals surface area contributed by atoms with Gasteiger partial charge < -0.3 is 10.6 Å². The first-order valence-electron chi connectivity index (χ1n) is 11.0. The van der Waals surface area contributed by atoms with E-state index < -0.39 is 0 Å². The smallest absolute Gasteiger partial charge is 0.238 e. The molecule has 2 amide bonds. The molecule has 3 aromatic carbocycles. The van der Waals surface area contributed by atoms with E-state index in [2.05, 4.69) is 32.6 Å². The number of halogens is 1. The number of nitrogens with zero attached hydrogens (tertiary/aromatic N) is 2. The predicted molar refractivity (Wildman–Crippen MR) is 133 cm³/mol. The normalized spacial score (nSPS) is 14.6. The van der Waals surface area contributed by atoms with Crippen molar-refractivity contribution in [2.24, 2.45) is 0 Å². The zero-order valence-electron chi connectivity index (χ0n) is 18.3. The molecule has 0 unspecified atom stereocenters. The number of hydrogen-bond donors (Lipinski definition) is 2. The highest BCUT2D eigenvalue weighted by molar-refractivity contribution is 6.33. The largest absolute Gasteiger partial charge is 0.325 e. The lowest BCUT2D eigenvalue weighted by atomic mass is 10.1. The van der Waals surface area contributed by atoms with Crippen LogP contribution in [-0.2, 0) is 9.59 Å². The molecule has 0 spiro atoms. The first-order chi connectivity index (χ1) is 16.1. The van der Waals surface area contributed by atoms with Gasteiger partial charge in [0.05, 0.1) is 23.8 Å². The Labute approximate surface area is 199 Å². The molecular formula is C26H27ClN4O2. The second-order valence-corrected chi connectivity index (χ2v) is 8.48. The molecule has 7 heteroatoms. The number of carbonyl (C=O) groups excluding carboxylic acids is 2. The fourth-order valence-electron chi connectivity index (χ4n) is 3.84. The maximum Gasteiger partial charge on any atom is 0.238 e. The van der Waals surface area contributed by atoms with Crippen molar-refractivity contribution < 1.29 is 9.59 Å². The third kappa shape index (κ3) is 6.65. The first-order valence-corrected chi connectivity index (χ1v) is 11.4. The summed E-state index contributed by atoms with van der Waals surface area (Å²) in [5.74, 6) is -0.124. The van der Waals surface area contributed by atoms with E-state index in [-0.39, 0.29) is 11.8 Å². The summed E-state index contributed by atoms with van der Waals surface area (Å²) >= 11 is 6.10. The molecule has 6 nitrogen and oxygen atoms in total. The van der Waals surface area contributed by atoms with Crippen molar-refractivity contribution in [1.82, 2.24) is 9.80 Å². The number of amides is 2. The van der Waals surface area contributed by atoms with E-state index in [1.54, 1.807) is 12.1 Å². The number of carbonyl (C=O) groups is 2. The number of para-hydroxylation sites is 1. The van der Waals surface area contributed by atoms with E-state index in [1.165, 1.54) is 0 Å².